The second-order valence-electron chi connectivity index (χ2n) is 25.1. The van der Waals surface area contributed by atoms with E-state index >= 15 is 0 Å². The van der Waals surface area contributed by atoms with Crippen molar-refractivity contribution in [3.05, 3.63) is 301 Å². The fraction of sp³-hybridized carbons (Fsp3) is 0.181. The van der Waals surface area contributed by atoms with E-state index in [9.17, 15) is 0 Å². The normalized spacial score (nSPS) is 12.2. The molecule has 11 aromatic carbocycles. The largest absolute Gasteiger partial charge is 0.416 e. The van der Waals surface area contributed by atoms with Crippen molar-refractivity contribution in [1.29, 1.82) is 0 Å². The quantitative estimate of drug-likeness (QED) is 0.0967. The van der Waals surface area contributed by atoms with Gasteiger partial charge in [-0.1, -0.05) is 241 Å². The molecule has 0 aliphatic heterocycles. The Kier molecular flexibility index (Phi) is 17.3. The number of para-hydroxylation sites is 2. The number of hydrogen-bond acceptors (Lipinski definition) is 4. The summed E-state index contributed by atoms with van der Waals surface area (Å²) in [6.45, 7) is 17.9. The molecule has 436 valence electrons. The minimum absolute atomic E-state index is 0.0925. The van der Waals surface area contributed by atoms with Gasteiger partial charge in [0.1, 0.15) is 0 Å². The highest BCUT2D eigenvalue weighted by Gasteiger charge is 2.22. The average molecular weight is 1150 g/mol. The van der Waals surface area contributed by atoms with Gasteiger partial charge in [-0.3, -0.25) is 0 Å². The topological polar surface area (TPSA) is 47.1 Å². The molecule has 5 nitrogen and oxygen atoms in total. The highest BCUT2D eigenvalue weighted by atomic mass is 16.4. The van der Waals surface area contributed by atoms with Crippen LogP contribution in [0, 0.1) is 19.8 Å². The summed E-state index contributed by atoms with van der Waals surface area (Å²) in [7, 11) is 0. The van der Waals surface area contributed by atoms with Crippen LogP contribution in [0.5, 0.6) is 0 Å². The summed E-state index contributed by atoms with van der Waals surface area (Å²) in [5, 5.41) is 11.3. The molecule has 0 bridgehead atoms. The van der Waals surface area contributed by atoms with E-state index in [1.165, 1.54) is 83.1 Å². The molecule has 0 amide bonds. The second kappa shape index (κ2) is 26.0. The molecule has 2 atom stereocenters. The predicted octanol–water partition coefficient (Wildman–Crippen LogP) is 23.3. The van der Waals surface area contributed by atoms with E-state index < -0.39 is 0 Å². The standard InChI is InChI=1S/C59H61N3O.C24H17N/c1-9-43(44-14-16-45(17-15-44)47-22-24-50(25-23-47)57-60-61-58(63-57)51-26-30-53(31-27-51)59(6,7)8)39-52(38-40(2)3)49-20-18-46(19-21-49)48-28-36-56(37-29-48)62(54-32-10-41(4)11-33-54)55-34-12-42(5)13-35-55;1-2-8-18(9-3-1)19-14-16-20(17-15-19)25-23-12-6-4-10-21(23)22-11-5-7-13-24(22)25/h10-37,40,43,52H,9,38-39H2,1-8H3;1-17H. The number of anilines is 3. The Bertz CT molecular complexity index is 4280. The molecule has 0 fully saturated rings. The molecule has 13 rings (SSSR count). The lowest BCUT2D eigenvalue weighted by Gasteiger charge is -2.26. The van der Waals surface area contributed by atoms with Crippen LogP contribution >= 0.6 is 0 Å². The van der Waals surface area contributed by atoms with E-state index in [0.29, 0.717) is 29.5 Å². The van der Waals surface area contributed by atoms with Gasteiger partial charge in [-0.2, -0.15) is 0 Å². The van der Waals surface area contributed by atoms with Crippen LogP contribution in [0.2, 0.25) is 0 Å². The van der Waals surface area contributed by atoms with E-state index in [0.717, 1.165) is 53.0 Å². The number of benzene rings is 11. The number of hydrogen-bond donors (Lipinski definition) is 0. The van der Waals surface area contributed by atoms with Gasteiger partial charge in [-0.15, -0.1) is 10.2 Å². The second-order valence-corrected chi connectivity index (χ2v) is 25.1. The van der Waals surface area contributed by atoms with Gasteiger partial charge < -0.3 is 13.9 Å². The lowest BCUT2D eigenvalue weighted by molar-refractivity contribution is 0.436. The maximum absolute atomic E-state index is 6.11. The van der Waals surface area contributed by atoms with Crippen LogP contribution in [0.4, 0.5) is 17.1 Å². The third kappa shape index (κ3) is 13.1. The van der Waals surface area contributed by atoms with Gasteiger partial charge in [0.15, 0.2) is 0 Å². The van der Waals surface area contributed by atoms with Crippen LogP contribution in [-0.2, 0) is 5.41 Å². The van der Waals surface area contributed by atoms with Gasteiger partial charge in [0, 0.05) is 44.6 Å². The SMILES string of the molecule is CCC(CC(CC(C)C)c1ccc(-c2ccc(N(c3ccc(C)cc3)c3ccc(C)cc3)cc2)cc1)c1ccc(-c2ccc(-c3nnc(-c4ccc(C(C)(C)C)cc4)o3)cc2)cc1.c1ccc(-c2ccc(-n3c4ccccc4c4ccccc43)cc2)cc1. The van der Waals surface area contributed by atoms with Crippen LogP contribution in [0.15, 0.2) is 277 Å². The summed E-state index contributed by atoms with van der Waals surface area (Å²) >= 11 is 0. The van der Waals surface area contributed by atoms with Crippen molar-refractivity contribution in [3.8, 4) is 62.0 Å². The Hall–Kier alpha value is -9.84. The van der Waals surface area contributed by atoms with Gasteiger partial charge in [-0.25, -0.2) is 0 Å². The zero-order chi connectivity index (χ0) is 60.7. The lowest BCUT2D eigenvalue weighted by Crippen LogP contribution is -2.10. The number of aryl methyl sites for hydroxylation is 2. The van der Waals surface area contributed by atoms with Crippen LogP contribution in [0.3, 0.4) is 0 Å². The average Bonchev–Trinajstić information content (AvgIpc) is 2.15. The van der Waals surface area contributed by atoms with E-state index in [1.807, 2.05) is 0 Å². The first-order valence-corrected chi connectivity index (χ1v) is 31.3. The van der Waals surface area contributed by atoms with E-state index in [4.69, 9.17) is 4.42 Å². The van der Waals surface area contributed by atoms with E-state index in [1.54, 1.807) is 0 Å². The number of nitrogens with zero attached hydrogens (tertiary/aromatic N) is 4. The molecule has 0 aliphatic carbocycles. The van der Waals surface area contributed by atoms with Crippen LogP contribution < -0.4 is 4.90 Å². The molecule has 0 N–H and O–H groups in total. The first-order valence-electron chi connectivity index (χ1n) is 31.3. The van der Waals surface area contributed by atoms with Crippen molar-refractivity contribution in [1.82, 2.24) is 14.8 Å². The van der Waals surface area contributed by atoms with Gasteiger partial charge in [0.05, 0.1) is 11.0 Å². The Morgan fingerprint density at radius 2 is 0.750 bits per heavy atom. The highest BCUT2D eigenvalue weighted by Crippen LogP contribution is 2.40. The number of fused-ring (bicyclic) bond motifs is 3. The zero-order valence-electron chi connectivity index (χ0n) is 52.0. The number of aromatic nitrogens is 3. The van der Waals surface area contributed by atoms with Gasteiger partial charge in [-0.05, 0) is 191 Å². The van der Waals surface area contributed by atoms with Crippen LogP contribution in [0.1, 0.15) is 100 Å². The summed E-state index contributed by atoms with van der Waals surface area (Å²) in [6.07, 6.45) is 3.38. The van der Waals surface area contributed by atoms with E-state index in [-0.39, 0.29) is 5.41 Å². The van der Waals surface area contributed by atoms with Crippen LogP contribution in [-0.4, -0.2) is 14.8 Å². The molecule has 2 heterocycles. The minimum Gasteiger partial charge on any atom is -0.416 e. The van der Waals surface area contributed by atoms with Crippen LogP contribution in [0.25, 0.3) is 83.8 Å². The van der Waals surface area contributed by atoms with E-state index in [2.05, 4.69) is 348 Å². The first kappa shape index (κ1) is 58.5. The van der Waals surface area contributed by atoms with Gasteiger partial charge >= 0.3 is 0 Å². The summed E-state index contributed by atoms with van der Waals surface area (Å²) in [5.74, 6) is 2.61. The van der Waals surface area contributed by atoms with Crippen molar-refractivity contribution < 1.29 is 4.42 Å². The van der Waals surface area contributed by atoms with Crippen molar-refractivity contribution in [2.45, 2.75) is 91.9 Å². The summed E-state index contributed by atoms with van der Waals surface area (Å²) in [4.78, 5) is 2.33. The third-order valence-electron chi connectivity index (χ3n) is 17.3. The molecule has 0 radical (unpaired) electrons. The van der Waals surface area contributed by atoms with Gasteiger partial charge in [0.2, 0.25) is 11.8 Å². The molecule has 2 aromatic heterocycles. The highest BCUT2D eigenvalue weighted by molar-refractivity contribution is 6.09. The molecule has 0 spiro atoms. The zero-order valence-corrected chi connectivity index (χ0v) is 52.0. The minimum atomic E-state index is 0.0925. The summed E-state index contributed by atoms with van der Waals surface area (Å²) < 4.78 is 8.46. The molecule has 0 aliphatic rings. The molecule has 0 saturated heterocycles. The van der Waals surface area contributed by atoms with Crippen molar-refractivity contribution in [2.75, 3.05) is 4.90 Å². The maximum Gasteiger partial charge on any atom is 0.248 e. The van der Waals surface area contributed by atoms with Crippen molar-refractivity contribution in [2.24, 2.45) is 5.92 Å². The molecule has 88 heavy (non-hydrogen) atoms. The Labute approximate surface area is 520 Å². The predicted molar refractivity (Wildman–Crippen MR) is 371 cm³/mol. The fourth-order valence-corrected chi connectivity index (χ4v) is 12.4. The molecule has 2 unspecified atom stereocenters. The first-order chi connectivity index (χ1) is 42.8. The van der Waals surface area contributed by atoms with Crippen molar-refractivity contribution in [3.63, 3.8) is 0 Å². The third-order valence-corrected chi connectivity index (χ3v) is 17.3. The Morgan fingerprint density at radius 1 is 0.386 bits per heavy atom. The Balaban J connectivity index is 0.000000248. The Morgan fingerprint density at radius 3 is 1.19 bits per heavy atom. The monoisotopic (exact) mass is 1150 g/mol. The van der Waals surface area contributed by atoms with Gasteiger partial charge in [0.25, 0.3) is 0 Å². The maximum atomic E-state index is 6.11. The fourth-order valence-electron chi connectivity index (χ4n) is 12.4. The molecule has 5 heteroatoms. The molecular weight excluding hydrogens is 1070 g/mol. The summed E-state index contributed by atoms with van der Waals surface area (Å²) in [5.41, 5.74) is 23.0. The molecule has 0 saturated carbocycles. The smallest absolute Gasteiger partial charge is 0.248 e. The summed E-state index contributed by atoms with van der Waals surface area (Å²) in [6, 6.07) is 98.5. The molecular formula is C83H78N4O. The van der Waals surface area contributed by atoms with Crippen molar-refractivity contribution >= 4 is 38.9 Å². The number of rotatable bonds is 16. The molecule has 13 aromatic rings. The lowest BCUT2D eigenvalue weighted by atomic mass is 9.79.